The van der Waals surface area contributed by atoms with Crippen molar-refractivity contribution in [3.63, 3.8) is 0 Å². The number of hydrogen-bond acceptors (Lipinski definition) is 2. The molecule has 0 bridgehead atoms. The molecule has 0 amide bonds. The van der Waals surface area contributed by atoms with Crippen LogP contribution in [0.3, 0.4) is 0 Å². The van der Waals surface area contributed by atoms with Crippen LogP contribution in [-0.2, 0) is 15.1 Å². The second-order valence-electron chi connectivity index (χ2n) is 7.79. The number of benzene rings is 1. The Kier molecular flexibility index (Phi) is 11.2. The molecular weight excluding hydrogens is 359 g/mol. The Hall–Kier alpha value is -0.240. The van der Waals surface area contributed by atoms with Crippen LogP contribution in [0.4, 0.5) is 0 Å². The van der Waals surface area contributed by atoms with Crippen LogP contribution in [0.2, 0.25) is 0 Å². The molecule has 26 heavy (non-hydrogen) atoms. The summed E-state index contributed by atoms with van der Waals surface area (Å²) in [7, 11) is 0. The molecule has 1 atom stereocenters. The molecule has 0 N–H and O–H groups in total. The van der Waals surface area contributed by atoms with Crippen LogP contribution in [0.5, 0.6) is 0 Å². The van der Waals surface area contributed by atoms with E-state index in [1.807, 2.05) is 30.3 Å². The Morgan fingerprint density at radius 2 is 1.12 bits per heavy atom. The van der Waals surface area contributed by atoms with E-state index in [0.29, 0.717) is 0 Å². The molecule has 0 saturated carbocycles. The molecule has 0 radical (unpaired) electrons. The summed E-state index contributed by atoms with van der Waals surface area (Å²) in [6, 6.07) is 9.79. The molecule has 0 spiro atoms. The van der Waals surface area contributed by atoms with E-state index in [0.717, 1.165) is 29.5 Å². The third kappa shape index (κ3) is 7.06. The summed E-state index contributed by atoms with van der Waals surface area (Å²) in [6.07, 6.45) is 14.1. The number of hydrogen-bond donors (Lipinski definition) is 0. The summed E-state index contributed by atoms with van der Waals surface area (Å²) < 4.78 is 20.1. The van der Waals surface area contributed by atoms with Crippen LogP contribution in [0.25, 0.3) is 0 Å². The summed E-state index contributed by atoms with van der Waals surface area (Å²) in [5, 5.41) is 0. The van der Waals surface area contributed by atoms with Gasteiger partial charge >= 0.3 is 165 Å². The fourth-order valence-corrected chi connectivity index (χ4v) is 13.1. The quantitative estimate of drug-likeness (QED) is 0.287. The Bertz CT molecular complexity index is 475. The molecule has 0 heterocycles. The third-order valence-electron chi connectivity index (χ3n) is 5.52. The van der Waals surface area contributed by atoms with E-state index in [1.165, 1.54) is 51.4 Å². The molecule has 152 valence electrons. The first-order valence-corrected chi connectivity index (χ1v) is 14.7. The van der Waals surface area contributed by atoms with Gasteiger partial charge in [0, 0.05) is 0 Å². The van der Waals surface area contributed by atoms with Gasteiger partial charge in [0.2, 0.25) is 0 Å². The van der Waals surface area contributed by atoms with Gasteiger partial charge in [0.25, 0.3) is 0 Å². The maximum atomic E-state index is 13.2. The fraction of sp³-hybridized carbons (Fsp3) is 0.727. The van der Waals surface area contributed by atoms with Gasteiger partial charge in [0.05, 0.1) is 0 Å². The summed E-state index contributed by atoms with van der Waals surface area (Å²) in [6.45, 7) is 6.58. The van der Waals surface area contributed by atoms with Gasteiger partial charge in [0.1, 0.15) is 0 Å². The van der Waals surface area contributed by atoms with Crippen molar-refractivity contribution >= 4 is 17.9 Å². The van der Waals surface area contributed by atoms with Crippen molar-refractivity contribution in [3.8, 4) is 0 Å². The monoisotopic (exact) mass is 400 g/mol. The summed E-state index contributed by atoms with van der Waals surface area (Å²) >= 11 is -1.35. The fourth-order valence-electron chi connectivity index (χ4n) is 3.82. The molecule has 0 aliphatic heterocycles. The first kappa shape index (κ1) is 23.8. The van der Waals surface area contributed by atoms with Crippen molar-refractivity contribution in [2.24, 2.45) is 0 Å². The van der Waals surface area contributed by atoms with Crippen molar-refractivity contribution in [1.29, 1.82) is 0 Å². The van der Waals surface area contributed by atoms with Gasteiger partial charge in [-0.1, -0.05) is 0 Å². The average Bonchev–Trinajstić information content (AvgIpc) is 2.69. The Labute approximate surface area is 165 Å². The van der Waals surface area contributed by atoms with Crippen LogP contribution in [0, 0.1) is 0 Å². The van der Waals surface area contributed by atoms with Crippen molar-refractivity contribution in [2.45, 2.75) is 84.0 Å². The maximum absolute atomic E-state index is 13.2. The third-order valence-corrected chi connectivity index (χ3v) is 14.2. The van der Waals surface area contributed by atoms with Gasteiger partial charge in [-0.05, 0) is 0 Å². The van der Waals surface area contributed by atoms with E-state index in [9.17, 15) is 4.21 Å². The minimum atomic E-state index is -2.47. The van der Waals surface area contributed by atoms with Gasteiger partial charge in [-0.3, -0.25) is 0 Å². The standard InChI is InChI=1S/C22H41O2PS/c1-5-9-18-25(19-10-6-2,20-11-7-3,21-12-8-4)24-26(23)22-16-14-13-15-17-22/h13-17H,5-12,18-21H2,1-4H3. The van der Waals surface area contributed by atoms with E-state index >= 15 is 0 Å². The molecule has 0 aliphatic carbocycles. The molecule has 0 saturated heterocycles. The van der Waals surface area contributed by atoms with Crippen LogP contribution < -0.4 is 0 Å². The van der Waals surface area contributed by atoms with E-state index in [-0.39, 0.29) is 0 Å². The van der Waals surface area contributed by atoms with Gasteiger partial charge in [-0.25, -0.2) is 0 Å². The van der Waals surface area contributed by atoms with Crippen LogP contribution in [0.1, 0.15) is 79.1 Å². The van der Waals surface area contributed by atoms with Crippen LogP contribution in [0.15, 0.2) is 35.2 Å². The first-order valence-electron chi connectivity index (χ1n) is 10.7. The molecule has 0 aromatic heterocycles. The molecule has 1 aromatic rings. The summed E-state index contributed by atoms with van der Waals surface area (Å²) in [5.74, 6) is 0. The zero-order valence-corrected chi connectivity index (χ0v) is 19.3. The van der Waals surface area contributed by atoms with E-state index in [4.69, 9.17) is 3.97 Å². The predicted octanol–water partition coefficient (Wildman–Crippen LogP) is 7.39. The molecule has 0 fully saturated rings. The van der Waals surface area contributed by atoms with Crippen molar-refractivity contribution in [3.05, 3.63) is 30.3 Å². The van der Waals surface area contributed by atoms with Gasteiger partial charge in [-0.15, -0.1) is 0 Å². The molecule has 1 aromatic carbocycles. The van der Waals surface area contributed by atoms with Crippen LogP contribution >= 0.6 is 6.83 Å². The van der Waals surface area contributed by atoms with Crippen molar-refractivity contribution in [1.82, 2.24) is 0 Å². The Balaban J connectivity index is 3.27. The SMILES string of the molecule is CCCCP(CCCC)(CCCC)(CCCC)OS(=O)c1ccccc1. The zero-order chi connectivity index (χ0) is 19.3. The molecule has 1 unspecified atom stereocenters. The van der Waals surface area contributed by atoms with E-state index in [1.54, 1.807) is 0 Å². The molecule has 4 heteroatoms. The average molecular weight is 401 g/mol. The normalized spacial score (nSPS) is 14.7. The van der Waals surface area contributed by atoms with Crippen LogP contribution in [-0.4, -0.2) is 28.9 Å². The summed E-state index contributed by atoms with van der Waals surface area (Å²) in [5.41, 5.74) is 0. The Morgan fingerprint density at radius 3 is 1.46 bits per heavy atom. The zero-order valence-electron chi connectivity index (χ0n) is 17.5. The summed E-state index contributed by atoms with van der Waals surface area (Å²) in [4.78, 5) is 0.822. The Morgan fingerprint density at radius 1 is 0.731 bits per heavy atom. The second kappa shape index (κ2) is 12.3. The van der Waals surface area contributed by atoms with Gasteiger partial charge in [0.15, 0.2) is 0 Å². The molecule has 2 nitrogen and oxygen atoms in total. The number of rotatable bonds is 15. The van der Waals surface area contributed by atoms with Gasteiger partial charge in [-0.2, -0.15) is 0 Å². The van der Waals surface area contributed by atoms with E-state index in [2.05, 4.69) is 27.7 Å². The second-order valence-corrected chi connectivity index (χ2v) is 14.8. The molecular formula is C22H41O2PS. The van der Waals surface area contributed by atoms with Crippen molar-refractivity contribution < 1.29 is 8.18 Å². The molecule has 0 aliphatic rings. The minimum absolute atomic E-state index is 0.822. The van der Waals surface area contributed by atoms with Crippen molar-refractivity contribution in [2.75, 3.05) is 24.6 Å². The first-order chi connectivity index (χ1) is 12.5. The molecule has 1 rings (SSSR count). The number of unbranched alkanes of at least 4 members (excludes halogenated alkanes) is 4. The van der Waals surface area contributed by atoms with E-state index < -0.39 is 17.9 Å². The topological polar surface area (TPSA) is 26.3 Å². The predicted molar refractivity (Wildman–Crippen MR) is 120 cm³/mol. The van der Waals surface area contributed by atoms with Gasteiger partial charge < -0.3 is 0 Å².